The van der Waals surface area contributed by atoms with Gasteiger partial charge in [-0.25, -0.2) is 0 Å². The third-order valence-electron chi connectivity index (χ3n) is 5.09. The molecule has 1 aromatic heterocycles. The monoisotopic (exact) mass is 417 g/mol. The van der Waals surface area contributed by atoms with E-state index in [2.05, 4.69) is 15.6 Å². The molecule has 3 aromatic rings. The molecule has 1 unspecified atom stereocenters. The van der Waals surface area contributed by atoms with Crippen molar-refractivity contribution in [2.45, 2.75) is 39.8 Å². The Labute approximate surface area is 182 Å². The number of nitrogens with zero attached hydrogens (tertiary/aromatic N) is 1. The van der Waals surface area contributed by atoms with Gasteiger partial charge in [-0.05, 0) is 61.2 Å². The largest absolute Gasteiger partial charge is 0.480 e. The van der Waals surface area contributed by atoms with E-state index in [0.717, 1.165) is 16.7 Å². The number of carbonyl (C=O) groups is 2. The van der Waals surface area contributed by atoms with E-state index in [4.69, 9.17) is 4.74 Å². The number of hydrogen-bond donors (Lipinski definition) is 2. The summed E-state index contributed by atoms with van der Waals surface area (Å²) < 4.78 is 6.00. The summed E-state index contributed by atoms with van der Waals surface area (Å²) in [7, 11) is 0. The fraction of sp³-hybridized carbons (Fsp3) is 0.240. The first-order chi connectivity index (χ1) is 15.0. The van der Waals surface area contributed by atoms with E-state index in [1.807, 2.05) is 51.1 Å². The molecule has 0 saturated carbocycles. The number of pyridine rings is 1. The van der Waals surface area contributed by atoms with E-state index in [-0.39, 0.29) is 11.8 Å². The predicted molar refractivity (Wildman–Crippen MR) is 121 cm³/mol. The van der Waals surface area contributed by atoms with Gasteiger partial charge in [0.1, 0.15) is 5.75 Å². The predicted octanol–water partition coefficient (Wildman–Crippen LogP) is 4.42. The highest BCUT2D eigenvalue weighted by molar-refractivity contribution is 6.04. The van der Waals surface area contributed by atoms with Crippen molar-refractivity contribution in [3.8, 4) is 5.75 Å². The zero-order chi connectivity index (χ0) is 22.2. The van der Waals surface area contributed by atoms with Crippen molar-refractivity contribution in [3.05, 3.63) is 89.2 Å². The van der Waals surface area contributed by atoms with Gasteiger partial charge in [0.05, 0.1) is 11.3 Å². The van der Waals surface area contributed by atoms with Crippen molar-refractivity contribution in [1.82, 2.24) is 10.3 Å². The van der Waals surface area contributed by atoms with Gasteiger partial charge >= 0.3 is 0 Å². The summed E-state index contributed by atoms with van der Waals surface area (Å²) in [6.07, 6.45) is 3.20. The van der Waals surface area contributed by atoms with Crippen LogP contribution in [-0.4, -0.2) is 22.9 Å². The van der Waals surface area contributed by atoms with E-state index in [0.29, 0.717) is 30.0 Å². The molecule has 2 aromatic carbocycles. The molecule has 3 rings (SSSR count). The number of benzene rings is 2. The SMILES string of the molecule is CCC(Oc1cccc(C)c1C)C(=O)Nc1ccccc1C(=O)NCc1cccnc1. The lowest BCUT2D eigenvalue weighted by Crippen LogP contribution is -2.33. The van der Waals surface area contributed by atoms with E-state index < -0.39 is 6.10 Å². The van der Waals surface area contributed by atoms with E-state index >= 15 is 0 Å². The number of para-hydroxylation sites is 1. The topological polar surface area (TPSA) is 80.3 Å². The van der Waals surface area contributed by atoms with E-state index in [1.165, 1.54) is 0 Å². The Kier molecular flexibility index (Phi) is 7.38. The minimum absolute atomic E-state index is 0.275. The number of rotatable bonds is 8. The molecule has 0 aliphatic rings. The summed E-state index contributed by atoms with van der Waals surface area (Å²) in [6, 6.07) is 16.4. The van der Waals surface area contributed by atoms with Gasteiger partial charge in [0.2, 0.25) is 0 Å². The molecule has 6 nitrogen and oxygen atoms in total. The lowest BCUT2D eigenvalue weighted by Gasteiger charge is -2.20. The molecule has 2 amide bonds. The summed E-state index contributed by atoms with van der Waals surface area (Å²) in [5.74, 6) is 0.115. The van der Waals surface area contributed by atoms with Crippen molar-refractivity contribution >= 4 is 17.5 Å². The minimum atomic E-state index is -0.674. The first-order valence-electron chi connectivity index (χ1n) is 10.3. The first-order valence-corrected chi connectivity index (χ1v) is 10.3. The van der Waals surface area contributed by atoms with Gasteiger partial charge in [0.15, 0.2) is 6.10 Å². The highest BCUT2D eigenvalue weighted by Gasteiger charge is 2.21. The first kappa shape index (κ1) is 22.0. The highest BCUT2D eigenvalue weighted by Crippen LogP contribution is 2.23. The smallest absolute Gasteiger partial charge is 0.265 e. The Bertz CT molecular complexity index is 1050. The van der Waals surface area contributed by atoms with Crippen molar-refractivity contribution in [3.63, 3.8) is 0 Å². The molecular formula is C25H27N3O3. The summed E-state index contributed by atoms with van der Waals surface area (Å²) in [5, 5.41) is 5.72. The third kappa shape index (κ3) is 5.69. The Hall–Kier alpha value is -3.67. The molecule has 0 bridgehead atoms. The minimum Gasteiger partial charge on any atom is -0.480 e. The quantitative estimate of drug-likeness (QED) is 0.568. The lowest BCUT2D eigenvalue weighted by molar-refractivity contribution is -0.122. The van der Waals surface area contributed by atoms with Crippen LogP contribution in [0.5, 0.6) is 5.75 Å². The fourth-order valence-electron chi connectivity index (χ4n) is 3.11. The summed E-state index contributed by atoms with van der Waals surface area (Å²) in [5.41, 5.74) is 3.83. The van der Waals surface area contributed by atoms with Crippen molar-refractivity contribution in [2.24, 2.45) is 0 Å². The standard InChI is InChI=1S/C25H27N3O3/c1-4-22(31-23-13-7-9-17(2)18(23)3)25(30)28-21-12-6-5-11-20(21)24(29)27-16-19-10-8-14-26-15-19/h5-15,22H,4,16H2,1-3H3,(H,27,29)(H,28,30). The molecule has 2 N–H and O–H groups in total. The summed E-state index contributed by atoms with van der Waals surface area (Å²) in [4.78, 5) is 29.7. The normalized spacial score (nSPS) is 11.5. The molecule has 0 aliphatic carbocycles. The second-order valence-electron chi connectivity index (χ2n) is 7.29. The fourth-order valence-corrected chi connectivity index (χ4v) is 3.11. The van der Waals surface area contributed by atoms with Crippen LogP contribution in [0.25, 0.3) is 0 Å². The Morgan fingerprint density at radius 1 is 1.03 bits per heavy atom. The van der Waals surface area contributed by atoms with Crippen molar-refractivity contribution < 1.29 is 14.3 Å². The summed E-state index contributed by atoms with van der Waals surface area (Å²) >= 11 is 0. The van der Waals surface area contributed by atoms with Crippen LogP contribution in [0, 0.1) is 13.8 Å². The van der Waals surface area contributed by atoms with Gasteiger partial charge in [-0.2, -0.15) is 0 Å². The van der Waals surface area contributed by atoms with Crippen LogP contribution >= 0.6 is 0 Å². The molecule has 1 heterocycles. The van der Waals surface area contributed by atoms with Crippen LogP contribution in [0.2, 0.25) is 0 Å². The van der Waals surface area contributed by atoms with Crippen molar-refractivity contribution in [2.75, 3.05) is 5.32 Å². The van der Waals surface area contributed by atoms with Crippen LogP contribution in [0.15, 0.2) is 67.0 Å². The van der Waals surface area contributed by atoms with Gasteiger partial charge in [0, 0.05) is 18.9 Å². The Morgan fingerprint density at radius 3 is 2.58 bits per heavy atom. The lowest BCUT2D eigenvalue weighted by atomic mass is 10.1. The average molecular weight is 418 g/mol. The van der Waals surface area contributed by atoms with Crippen LogP contribution in [0.3, 0.4) is 0 Å². The Morgan fingerprint density at radius 2 is 1.84 bits per heavy atom. The molecule has 0 saturated heterocycles. The number of nitrogens with one attached hydrogen (secondary N) is 2. The molecule has 0 radical (unpaired) electrons. The van der Waals surface area contributed by atoms with E-state index in [1.54, 1.807) is 36.7 Å². The number of amides is 2. The van der Waals surface area contributed by atoms with Crippen LogP contribution in [-0.2, 0) is 11.3 Å². The molecule has 0 fully saturated rings. The molecule has 6 heteroatoms. The number of anilines is 1. The molecule has 0 spiro atoms. The number of aromatic nitrogens is 1. The van der Waals surface area contributed by atoms with Gasteiger partial charge in [-0.15, -0.1) is 0 Å². The number of ether oxygens (including phenoxy) is 1. The van der Waals surface area contributed by atoms with E-state index in [9.17, 15) is 9.59 Å². The van der Waals surface area contributed by atoms with Crippen molar-refractivity contribution in [1.29, 1.82) is 0 Å². The maximum atomic E-state index is 12.9. The van der Waals surface area contributed by atoms with Crippen LogP contribution < -0.4 is 15.4 Å². The molecule has 31 heavy (non-hydrogen) atoms. The maximum Gasteiger partial charge on any atom is 0.265 e. The number of carbonyl (C=O) groups excluding carboxylic acids is 2. The number of aryl methyl sites for hydroxylation is 1. The highest BCUT2D eigenvalue weighted by atomic mass is 16.5. The van der Waals surface area contributed by atoms with Gasteiger partial charge in [-0.3, -0.25) is 14.6 Å². The molecule has 0 aliphatic heterocycles. The average Bonchev–Trinajstić information content (AvgIpc) is 2.79. The Balaban J connectivity index is 1.70. The molecule has 160 valence electrons. The second kappa shape index (κ2) is 10.4. The molecule has 1 atom stereocenters. The number of hydrogen-bond acceptors (Lipinski definition) is 4. The van der Waals surface area contributed by atoms with Gasteiger partial charge in [0.25, 0.3) is 11.8 Å². The van der Waals surface area contributed by atoms with Gasteiger partial charge < -0.3 is 15.4 Å². The zero-order valence-electron chi connectivity index (χ0n) is 18.0. The third-order valence-corrected chi connectivity index (χ3v) is 5.09. The zero-order valence-corrected chi connectivity index (χ0v) is 18.0. The summed E-state index contributed by atoms with van der Waals surface area (Å²) in [6.45, 7) is 6.21. The second-order valence-corrected chi connectivity index (χ2v) is 7.29. The molecular weight excluding hydrogens is 390 g/mol. The van der Waals surface area contributed by atoms with Crippen LogP contribution in [0.1, 0.15) is 40.4 Å². The van der Waals surface area contributed by atoms with Gasteiger partial charge in [-0.1, -0.05) is 37.3 Å². The maximum absolute atomic E-state index is 12.9. The van der Waals surface area contributed by atoms with Crippen LogP contribution in [0.4, 0.5) is 5.69 Å².